The molecule has 3 nitrogen and oxygen atoms in total. The minimum Gasteiger partial charge on any atom is -0.326 e. The van der Waals surface area contributed by atoms with Crippen LogP contribution in [0.3, 0.4) is 0 Å². The van der Waals surface area contributed by atoms with Gasteiger partial charge in [-0.05, 0) is 30.5 Å². The Bertz CT molecular complexity index is 425. The smallest absolute Gasteiger partial charge is 0.221 e. The number of para-hydroxylation sites is 1. The highest BCUT2D eigenvalue weighted by Crippen LogP contribution is 2.25. The number of carbonyl (C=O) groups is 1. The Labute approximate surface area is 122 Å². The van der Waals surface area contributed by atoms with E-state index in [1.165, 1.54) is 38.5 Å². The van der Waals surface area contributed by atoms with Gasteiger partial charge in [-0.15, -0.1) is 0 Å². The molecule has 2 rings (SSSR count). The maximum Gasteiger partial charge on any atom is 0.221 e. The number of amides is 1. The second-order valence-corrected chi connectivity index (χ2v) is 5.81. The van der Waals surface area contributed by atoms with E-state index in [2.05, 4.69) is 16.7 Å². The van der Waals surface area contributed by atoms with Crippen LogP contribution >= 0.6 is 0 Å². The second kappa shape index (κ2) is 8.05. The molecule has 0 aromatic heterocycles. The van der Waals surface area contributed by atoms with Gasteiger partial charge in [-0.3, -0.25) is 4.79 Å². The second-order valence-electron chi connectivity index (χ2n) is 5.81. The van der Waals surface area contributed by atoms with Crippen molar-refractivity contribution in [3.8, 4) is 0 Å². The Hall–Kier alpha value is -1.35. The zero-order valence-corrected chi connectivity index (χ0v) is 12.5. The zero-order valence-electron chi connectivity index (χ0n) is 12.5. The molecule has 2 N–H and O–H groups in total. The van der Waals surface area contributed by atoms with Crippen LogP contribution in [-0.2, 0) is 11.3 Å². The molecule has 110 valence electrons. The van der Waals surface area contributed by atoms with Gasteiger partial charge in [0.15, 0.2) is 0 Å². The number of hydrogen-bond donors (Lipinski definition) is 2. The minimum absolute atomic E-state index is 0.0142. The molecule has 0 atom stereocenters. The van der Waals surface area contributed by atoms with E-state index in [-0.39, 0.29) is 5.91 Å². The molecule has 20 heavy (non-hydrogen) atoms. The van der Waals surface area contributed by atoms with Crippen LogP contribution in [0, 0.1) is 5.92 Å². The number of benzene rings is 1. The van der Waals surface area contributed by atoms with Gasteiger partial charge in [-0.1, -0.05) is 50.3 Å². The highest BCUT2D eigenvalue weighted by atomic mass is 16.1. The summed E-state index contributed by atoms with van der Waals surface area (Å²) >= 11 is 0. The van der Waals surface area contributed by atoms with E-state index >= 15 is 0 Å². The summed E-state index contributed by atoms with van der Waals surface area (Å²) in [5.74, 6) is 0.904. The molecule has 0 aliphatic heterocycles. The minimum atomic E-state index is -0.0142. The van der Waals surface area contributed by atoms with Gasteiger partial charge >= 0.3 is 0 Å². The van der Waals surface area contributed by atoms with Crippen LogP contribution in [0.5, 0.6) is 0 Å². The Kier molecular flexibility index (Phi) is 6.06. The highest BCUT2D eigenvalue weighted by Gasteiger charge is 2.12. The Balaban J connectivity index is 1.74. The van der Waals surface area contributed by atoms with Gasteiger partial charge in [-0.25, -0.2) is 0 Å². The largest absolute Gasteiger partial charge is 0.326 e. The van der Waals surface area contributed by atoms with Gasteiger partial charge in [-0.2, -0.15) is 0 Å². The average molecular weight is 274 g/mol. The molecule has 0 bridgehead atoms. The summed E-state index contributed by atoms with van der Waals surface area (Å²) in [7, 11) is 0. The van der Waals surface area contributed by atoms with Crippen molar-refractivity contribution in [3.05, 3.63) is 29.8 Å². The van der Waals surface area contributed by atoms with Gasteiger partial charge in [0, 0.05) is 19.2 Å². The van der Waals surface area contributed by atoms with Crippen LogP contribution in [0.2, 0.25) is 0 Å². The Morgan fingerprint density at radius 1 is 1.20 bits per heavy atom. The fraction of sp³-hybridized carbons (Fsp3) is 0.588. The van der Waals surface area contributed by atoms with Gasteiger partial charge < -0.3 is 10.6 Å². The van der Waals surface area contributed by atoms with Crippen LogP contribution in [0.15, 0.2) is 24.3 Å². The third-order valence-electron chi connectivity index (χ3n) is 4.10. The highest BCUT2D eigenvalue weighted by molar-refractivity contribution is 5.89. The van der Waals surface area contributed by atoms with Crippen LogP contribution in [-0.4, -0.2) is 12.5 Å². The van der Waals surface area contributed by atoms with Crippen molar-refractivity contribution in [2.45, 2.75) is 52.0 Å². The maximum atomic E-state index is 11.2. The third-order valence-corrected chi connectivity index (χ3v) is 4.10. The fourth-order valence-electron chi connectivity index (χ4n) is 2.99. The molecule has 1 aromatic carbocycles. The molecule has 0 spiro atoms. The first kappa shape index (κ1) is 15.0. The monoisotopic (exact) mass is 274 g/mol. The molecule has 1 amide bonds. The topological polar surface area (TPSA) is 41.1 Å². The van der Waals surface area contributed by atoms with E-state index in [1.807, 2.05) is 18.2 Å². The summed E-state index contributed by atoms with van der Waals surface area (Å²) in [6, 6.07) is 8.00. The first-order valence-electron chi connectivity index (χ1n) is 7.82. The van der Waals surface area contributed by atoms with Crippen LogP contribution in [0.4, 0.5) is 5.69 Å². The third kappa shape index (κ3) is 4.97. The SMILES string of the molecule is CC(=O)Nc1ccccc1CNCCC1CCCCC1. The van der Waals surface area contributed by atoms with Crippen LogP contribution < -0.4 is 10.6 Å². The molecular formula is C17H26N2O. The van der Waals surface area contributed by atoms with Gasteiger partial charge in [0.2, 0.25) is 5.91 Å². The van der Waals surface area contributed by atoms with Gasteiger partial charge in [0.25, 0.3) is 0 Å². The summed E-state index contributed by atoms with van der Waals surface area (Å²) in [6.07, 6.45) is 8.34. The summed E-state index contributed by atoms with van der Waals surface area (Å²) < 4.78 is 0. The molecular weight excluding hydrogens is 248 g/mol. The Morgan fingerprint density at radius 3 is 2.70 bits per heavy atom. The van der Waals surface area contributed by atoms with Crippen molar-refractivity contribution >= 4 is 11.6 Å². The van der Waals surface area contributed by atoms with E-state index in [4.69, 9.17) is 0 Å². The summed E-state index contributed by atoms with van der Waals surface area (Å²) in [5.41, 5.74) is 2.08. The number of rotatable bonds is 6. The van der Waals surface area contributed by atoms with Gasteiger partial charge in [0.05, 0.1) is 0 Å². The number of nitrogens with one attached hydrogen (secondary N) is 2. The normalized spacial score (nSPS) is 16.1. The van der Waals surface area contributed by atoms with Crippen molar-refractivity contribution in [2.24, 2.45) is 5.92 Å². The number of hydrogen-bond acceptors (Lipinski definition) is 2. The van der Waals surface area contributed by atoms with Crippen molar-refractivity contribution in [1.29, 1.82) is 0 Å². The molecule has 1 fully saturated rings. The molecule has 1 aromatic rings. The van der Waals surface area contributed by atoms with Crippen molar-refractivity contribution in [2.75, 3.05) is 11.9 Å². The average Bonchev–Trinajstić information content (AvgIpc) is 2.46. The standard InChI is InChI=1S/C17H26N2O/c1-14(20)19-17-10-6-5-9-16(17)13-18-12-11-15-7-3-2-4-8-15/h5-6,9-10,15,18H,2-4,7-8,11-13H2,1H3,(H,19,20). The van der Waals surface area contributed by atoms with E-state index < -0.39 is 0 Å². The first-order chi connectivity index (χ1) is 9.75. The van der Waals surface area contributed by atoms with Crippen LogP contribution in [0.1, 0.15) is 51.0 Å². The van der Waals surface area contributed by atoms with E-state index in [9.17, 15) is 4.79 Å². The first-order valence-corrected chi connectivity index (χ1v) is 7.82. The molecule has 1 aliphatic rings. The van der Waals surface area contributed by atoms with E-state index in [0.717, 1.165) is 30.3 Å². The van der Waals surface area contributed by atoms with Crippen molar-refractivity contribution in [1.82, 2.24) is 5.32 Å². The lowest BCUT2D eigenvalue weighted by Crippen LogP contribution is -2.20. The van der Waals surface area contributed by atoms with E-state index in [1.54, 1.807) is 6.92 Å². The molecule has 0 unspecified atom stereocenters. The van der Waals surface area contributed by atoms with Gasteiger partial charge in [0.1, 0.15) is 0 Å². The van der Waals surface area contributed by atoms with E-state index in [0.29, 0.717) is 0 Å². The maximum absolute atomic E-state index is 11.2. The lowest BCUT2D eigenvalue weighted by molar-refractivity contribution is -0.114. The van der Waals surface area contributed by atoms with Crippen molar-refractivity contribution < 1.29 is 4.79 Å². The molecule has 1 saturated carbocycles. The molecule has 0 heterocycles. The molecule has 0 radical (unpaired) electrons. The van der Waals surface area contributed by atoms with Crippen LogP contribution in [0.25, 0.3) is 0 Å². The summed E-state index contributed by atoms with van der Waals surface area (Å²) in [5, 5.41) is 6.40. The molecule has 3 heteroatoms. The fourth-order valence-corrected chi connectivity index (χ4v) is 2.99. The number of carbonyl (C=O) groups excluding carboxylic acids is 1. The molecule has 1 aliphatic carbocycles. The predicted molar refractivity (Wildman–Crippen MR) is 83.6 cm³/mol. The summed E-state index contributed by atoms with van der Waals surface area (Å²) in [4.78, 5) is 11.2. The lowest BCUT2D eigenvalue weighted by atomic mass is 9.87. The zero-order chi connectivity index (χ0) is 14.2. The summed E-state index contributed by atoms with van der Waals surface area (Å²) in [6.45, 7) is 3.44. The Morgan fingerprint density at radius 2 is 1.95 bits per heavy atom. The molecule has 0 saturated heterocycles. The quantitative estimate of drug-likeness (QED) is 0.777. The van der Waals surface area contributed by atoms with Crippen molar-refractivity contribution in [3.63, 3.8) is 0 Å². The lowest BCUT2D eigenvalue weighted by Gasteiger charge is -2.21. The number of anilines is 1. The predicted octanol–water partition coefficient (Wildman–Crippen LogP) is 3.71.